The molecule has 3 aromatic carbocycles. The summed E-state index contributed by atoms with van der Waals surface area (Å²) >= 11 is 1.62. The smallest absolute Gasteiger partial charge is 0.123 e. The second kappa shape index (κ2) is 12.9. The van der Waals surface area contributed by atoms with Gasteiger partial charge in [-0.1, -0.05) is 69.5 Å². The average molecular weight is 757 g/mol. The van der Waals surface area contributed by atoms with Gasteiger partial charge in [0.15, 0.2) is 0 Å². The SMILES string of the molecule is [2H]C(C)(C)c1ccnc(-c2[c-]ccc3c2sc2ccc(F)cc23)c1.[2H]C([2H])([2H])c1c[c-]c(-c2ccc([Si](C)(C)C)cn2)cc1.[Ir]. The first kappa shape index (κ1) is 25.7. The van der Waals surface area contributed by atoms with Crippen LogP contribution >= 0.6 is 11.3 Å². The molecule has 1 radical (unpaired) electrons. The van der Waals surface area contributed by atoms with Gasteiger partial charge < -0.3 is 9.97 Å². The molecule has 0 saturated carbocycles. The summed E-state index contributed by atoms with van der Waals surface area (Å²) in [4.78, 5) is 8.95. The Hall–Kier alpha value is -3.02. The van der Waals surface area contributed by atoms with Crippen LogP contribution in [0.2, 0.25) is 19.6 Å². The molecule has 3 heterocycles. The summed E-state index contributed by atoms with van der Waals surface area (Å²) in [5, 5.41) is 3.24. The van der Waals surface area contributed by atoms with E-state index < -0.39 is 20.8 Å². The molecule has 0 unspecified atom stereocenters. The van der Waals surface area contributed by atoms with Gasteiger partial charge in [0.05, 0.1) is 8.07 Å². The predicted molar refractivity (Wildman–Crippen MR) is 172 cm³/mol. The van der Waals surface area contributed by atoms with E-state index in [0.717, 1.165) is 48.3 Å². The van der Waals surface area contributed by atoms with Crippen molar-refractivity contribution in [2.24, 2.45) is 0 Å². The van der Waals surface area contributed by atoms with Crippen molar-refractivity contribution < 1.29 is 30.0 Å². The zero-order chi connectivity index (χ0) is 31.9. The zero-order valence-corrected chi connectivity index (χ0v) is 27.8. The molecule has 2 nitrogen and oxygen atoms in total. The zero-order valence-electron chi connectivity index (χ0n) is 27.6. The Morgan fingerprint density at radius 2 is 1.76 bits per heavy atom. The number of fused-ring (bicyclic) bond motifs is 3. The average Bonchev–Trinajstić information content (AvgIpc) is 3.34. The molecule has 0 atom stereocenters. The van der Waals surface area contributed by atoms with Gasteiger partial charge in [0.25, 0.3) is 0 Å². The number of aromatic nitrogens is 2. The van der Waals surface area contributed by atoms with E-state index in [9.17, 15) is 4.39 Å². The van der Waals surface area contributed by atoms with Crippen molar-refractivity contribution in [2.45, 2.75) is 46.2 Å². The first-order valence-electron chi connectivity index (χ1n) is 15.1. The molecular formula is C35H33FIrN2SSi-2. The third-order valence-corrected chi connectivity index (χ3v) is 9.94. The monoisotopic (exact) mass is 757 g/mol. The van der Waals surface area contributed by atoms with Crippen LogP contribution in [0.1, 0.15) is 36.4 Å². The first-order chi connectivity index (χ1) is 20.6. The van der Waals surface area contributed by atoms with Gasteiger partial charge in [0.2, 0.25) is 0 Å². The molecule has 0 bridgehead atoms. The number of halogens is 1. The molecule has 0 fully saturated rings. The van der Waals surface area contributed by atoms with Gasteiger partial charge in [-0.25, -0.2) is 4.39 Å². The van der Waals surface area contributed by atoms with Crippen LogP contribution < -0.4 is 5.19 Å². The van der Waals surface area contributed by atoms with Gasteiger partial charge >= 0.3 is 0 Å². The molecule has 0 aliphatic heterocycles. The van der Waals surface area contributed by atoms with E-state index in [1.807, 2.05) is 56.4 Å². The summed E-state index contributed by atoms with van der Waals surface area (Å²) in [5.74, 6) is -0.915. The Labute approximate surface area is 266 Å². The van der Waals surface area contributed by atoms with E-state index >= 15 is 0 Å². The Balaban J connectivity index is 0.000000204. The van der Waals surface area contributed by atoms with Crippen LogP contribution in [0.5, 0.6) is 0 Å². The Morgan fingerprint density at radius 1 is 0.927 bits per heavy atom. The minimum absolute atomic E-state index is 0. The van der Waals surface area contributed by atoms with Crippen molar-refractivity contribution in [1.82, 2.24) is 9.97 Å². The number of hydrogen-bond acceptors (Lipinski definition) is 3. The normalized spacial score (nSPS) is 13.3. The molecule has 0 saturated heterocycles. The van der Waals surface area contributed by atoms with Gasteiger partial charge in [0, 0.05) is 42.7 Å². The summed E-state index contributed by atoms with van der Waals surface area (Å²) in [6.07, 6.45) is 3.66. The number of aryl methyl sites for hydroxylation is 1. The number of benzene rings is 3. The third-order valence-electron chi connectivity index (χ3n) is 6.70. The van der Waals surface area contributed by atoms with Crippen molar-refractivity contribution in [2.75, 3.05) is 0 Å². The first-order valence-corrected chi connectivity index (χ1v) is 17.4. The van der Waals surface area contributed by atoms with Gasteiger partial charge in [-0.2, -0.15) is 11.3 Å². The van der Waals surface area contributed by atoms with Crippen LogP contribution in [0, 0.1) is 24.8 Å². The number of pyridine rings is 2. The number of hydrogen-bond donors (Lipinski definition) is 0. The molecule has 0 aliphatic carbocycles. The van der Waals surface area contributed by atoms with Gasteiger partial charge in [0.1, 0.15) is 5.82 Å². The maximum Gasteiger partial charge on any atom is 0.123 e. The molecule has 0 N–H and O–H groups in total. The Kier molecular flexibility index (Phi) is 8.06. The van der Waals surface area contributed by atoms with Crippen LogP contribution in [0.15, 0.2) is 85.2 Å². The summed E-state index contributed by atoms with van der Waals surface area (Å²) in [5.41, 5.74) is 4.56. The summed E-state index contributed by atoms with van der Waals surface area (Å²) in [6, 6.07) is 27.8. The van der Waals surface area contributed by atoms with E-state index in [1.54, 1.807) is 35.7 Å². The molecule has 0 amide bonds. The second-order valence-corrected chi connectivity index (χ2v) is 17.1. The number of nitrogens with zero attached hydrogens (tertiary/aromatic N) is 2. The fraction of sp³-hybridized carbons (Fsp3) is 0.200. The molecule has 0 aliphatic rings. The largest absolute Gasteiger partial charge is 0.305 e. The predicted octanol–water partition coefficient (Wildman–Crippen LogP) is 9.58. The van der Waals surface area contributed by atoms with Gasteiger partial charge in [-0.3, -0.25) is 0 Å². The third kappa shape index (κ3) is 7.07. The van der Waals surface area contributed by atoms with E-state index in [0.29, 0.717) is 5.56 Å². The van der Waals surface area contributed by atoms with Crippen LogP contribution in [0.3, 0.4) is 0 Å². The maximum atomic E-state index is 13.6. The van der Waals surface area contributed by atoms with Crippen molar-refractivity contribution in [3.8, 4) is 22.5 Å². The number of rotatable bonds is 4. The van der Waals surface area contributed by atoms with Crippen molar-refractivity contribution in [1.29, 1.82) is 0 Å². The van der Waals surface area contributed by atoms with Crippen molar-refractivity contribution >= 4 is 44.8 Å². The van der Waals surface area contributed by atoms with Gasteiger partial charge in [-0.15, -0.1) is 59.2 Å². The van der Waals surface area contributed by atoms with E-state index in [4.69, 9.17) is 5.48 Å². The molecular weight excluding hydrogens is 720 g/mol. The minimum atomic E-state index is -2.08. The van der Waals surface area contributed by atoms with Crippen LogP contribution in [-0.4, -0.2) is 18.0 Å². The molecule has 3 aromatic heterocycles. The van der Waals surface area contributed by atoms with E-state index in [1.165, 1.54) is 17.3 Å². The van der Waals surface area contributed by atoms with E-state index in [-0.39, 0.29) is 25.9 Å². The quantitative estimate of drug-likeness (QED) is 0.132. The topological polar surface area (TPSA) is 25.8 Å². The fourth-order valence-electron chi connectivity index (χ4n) is 4.36. The van der Waals surface area contributed by atoms with E-state index in [2.05, 4.69) is 47.8 Å². The van der Waals surface area contributed by atoms with Crippen LogP contribution in [0.4, 0.5) is 4.39 Å². The van der Waals surface area contributed by atoms with Crippen LogP contribution in [-0.2, 0) is 20.1 Å². The maximum absolute atomic E-state index is 13.6. The number of thiophene rings is 1. The molecule has 6 rings (SSSR count). The minimum Gasteiger partial charge on any atom is -0.305 e. The Morgan fingerprint density at radius 3 is 2.41 bits per heavy atom. The van der Waals surface area contributed by atoms with Crippen LogP contribution in [0.25, 0.3) is 42.7 Å². The van der Waals surface area contributed by atoms with Crippen molar-refractivity contribution in [3.63, 3.8) is 0 Å². The standard InChI is InChI=1S/C20H15FNS.C15H18NSi.Ir/c1-12(2)13-8-9-22-18(10-13)16-5-3-4-15-17-11-14(21)6-7-19(17)23-20(15)16;1-12-5-7-13(8-6-12)15-10-9-14(11-16-15)17(2,3)4;/h3-4,6-12H,1-2H3;5-7,9-11H,1-4H3;/q2*-1;/i12D;1D3;. The molecule has 211 valence electrons. The summed E-state index contributed by atoms with van der Waals surface area (Å²) < 4.78 is 46.0. The molecule has 6 aromatic rings. The molecule has 6 heteroatoms. The summed E-state index contributed by atoms with van der Waals surface area (Å²) in [6.45, 7) is 8.48. The van der Waals surface area contributed by atoms with Crippen molar-refractivity contribution in [3.05, 3.63) is 114 Å². The summed E-state index contributed by atoms with van der Waals surface area (Å²) in [7, 11) is -1.34. The fourth-order valence-corrected chi connectivity index (χ4v) is 6.59. The second-order valence-electron chi connectivity index (χ2n) is 10.9. The molecule has 0 spiro atoms. The Bertz CT molecular complexity index is 1870. The van der Waals surface area contributed by atoms with Gasteiger partial charge in [-0.05, 0) is 56.8 Å². The molecule has 41 heavy (non-hydrogen) atoms.